The van der Waals surface area contributed by atoms with E-state index >= 15 is 0 Å². The van der Waals surface area contributed by atoms with Gasteiger partial charge in [-0.15, -0.1) is 10.2 Å². The fourth-order valence-electron chi connectivity index (χ4n) is 3.17. The summed E-state index contributed by atoms with van der Waals surface area (Å²) in [5.41, 5.74) is 5.23. The van der Waals surface area contributed by atoms with E-state index in [4.69, 9.17) is 0 Å². The summed E-state index contributed by atoms with van der Waals surface area (Å²) in [4.78, 5) is 1.12. The third-order valence-electron chi connectivity index (χ3n) is 5.20. The molecule has 3 aromatic rings. The number of rotatable bonds is 5. The summed E-state index contributed by atoms with van der Waals surface area (Å²) in [6.45, 7) is 9.69. The third-order valence-corrected chi connectivity index (χ3v) is 7.97. The van der Waals surface area contributed by atoms with Gasteiger partial charge in [-0.25, -0.2) is 8.42 Å². The van der Waals surface area contributed by atoms with E-state index in [-0.39, 0.29) is 0 Å². The highest BCUT2D eigenvalue weighted by molar-refractivity contribution is 7.99. The highest BCUT2D eigenvalue weighted by atomic mass is 32.2. The van der Waals surface area contributed by atoms with Gasteiger partial charge in [0.05, 0.1) is 10.6 Å². The Morgan fingerprint density at radius 3 is 2.07 bits per heavy atom. The molecule has 0 saturated carbocycles. The number of nitrogens with zero attached hydrogens (tertiary/aromatic N) is 3. The Hall–Kier alpha value is -2.32. The molecule has 0 atom stereocenters. The second kappa shape index (κ2) is 7.60. The standard InChI is InChI=1S/C20H24N4O2S2/c1-12-13(2)15(4)19(16(5)14(12)3)28(25,26)23-17-9-7-8-10-18(17)27-20-22-21-11-24(20)6/h7-11,23H,1-6H3. The smallest absolute Gasteiger partial charge is 0.262 e. The van der Waals surface area contributed by atoms with Gasteiger partial charge in [-0.1, -0.05) is 12.1 Å². The van der Waals surface area contributed by atoms with E-state index in [0.29, 0.717) is 15.7 Å². The average Bonchev–Trinajstić information content (AvgIpc) is 3.04. The summed E-state index contributed by atoms with van der Waals surface area (Å²) in [5.74, 6) is 0. The summed E-state index contributed by atoms with van der Waals surface area (Å²) >= 11 is 1.36. The molecule has 0 unspecified atom stereocenters. The van der Waals surface area contributed by atoms with Crippen LogP contribution in [0.3, 0.4) is 0 Å². The van der Waals surface area contributed by atoms with Gasteiger partial charge < -0.3 is 4.57 Å². The van der Waals surface area contributed by atoms with Crippen LogP contribution in [0.25, 0.3) is 0 Å². The van der Waals surface area contributed by atoms with Crippen molar-refractivity contribution < 1.29 is 8.42 Å². The van der Waals surface area contributed by atoms with Crippen molar-refractivity contribution >= 4 is 27.5 Å². The summed E-state index contributed by atoms with van der Waals surface area (Å²) in [6, 6.07) is 7.30. The quantitative estimate of drug-likeness (QED) is 0.671. The van der Waals surface area contributed by atoms with Crippen LogP contribution >= 0.6 is 11.8 Å². The van der Waals surface area contributed by atoms with Crippen molar-refractivity contribution in [2.24, 2.45) is 7.05 Å². The van der Waals surface area contributed by atoms with Crippen molar-refractivity contribution in [1.29, 1.82) is 0 Å². The van der Waals surface area contributed by atoms with Crippen LogP contribution in [-0.2, 0) is 17.1 Å². The molecule has 0 bridgehead atoms. The first-order valence-electron chi connectivity index (χ1n) is 8.84. The van der Waals surface area contributed by atoms with E-state index in [1.807, 2.05) is 59.9 Å². The molecule has 6 nitrogen and oxygen atoms in total. The number of hydrogen-bond acceptors (Lipinski definition) is 5. The molecular formula is C20H24N4O2S2. The van der Waals surface area contributed by atoms with Crippen LogP contribution < -0.4 is 4.72 Å². The van der Waals surface area contributed by atoms with Crippen LogP contribution in [0.5, 0.6) is 0 Å². The minimum atomic E-state index is -3.75. The van der Waals surface area contributed by atoms with Crippen molar-refractivity contribution in [3.05, 3.63) is 58.4 Å². The Kier molecular flexibility index (Phi) is 5.54. The minimum absolute atomic E-state index is 0.353. The zero-order valence-corrected chi connectivity index (χ0v) is 18.5. The summed E-state index contributed by atoms with van der Waals surface area (Å²) in [5, 5.41) is 8.62. The van der Waals surface area contributed by atoms with Gasteiger partial charge in [-0.2, -0.15) is 0 Å². The average molecular weight is 417 g/mol. The zero-order valence-electron chi connectivity index (χ0n) is 16.9. The number of benzene rings is 2. The maximum atomic E-state index is 13.3. The fraction of sp³-hybridized carbons (Fsp3) is 0.300. The number of aryl methyl sites for hydroxylation is 1. The lowest BCUT2D eigenvalue weighted by atomic mass is 9.95. The minimum Gasteiger partial charge on any atom is -0.311 e. The Morgan fingerprint density at radius 1 is 0.929 bits per heavy atom. The molecule has 2 aromatic carbocycles. The predicted molar refractivity (Wildman–Crippen MR) is 113 cm³/mol. The highest BCUT2D eigenvalue weighted by Gasteiger charge is 2.24. The van der Waals surface area contributed by atoms with Gasteiger partial charge in [0.25, 0.3) is 10.0 Å². The highest BCUT2D eigenvalue weighted by Crippen LogP contribution is 2.35. The molecule has 0 fully saturated rings. The van der Waals surface area contributed by atoms with Gasteiger partial charge >= 0.3 is 0 Å². The molecule has 1 heterocycles. The second-order valence-electron chi connectivity index (χ2n) is 6.88. The molecule has 0 saturated heterocycles. The molecule has 0 radical (unpaired) electrons. The Labute approximate surface area is 170 Å². The summed E-state index contributed by atoms with van der Waals surface area (Å²) in [6.07, 6.45) is 1.61. The van der Waals surface area contributed by atoms with E-state index in [2.05, 4.69) is 14.9 Å². The summed E-state index contributed by atoms with van der Waals surface area (Å²) < 4.78 is 31.2. The molecule has 0 aliphatic rings. The van der Waals surface area contributed by atoms with Crippen molar-refractivity contribution in [2.45, 2.75) is 49.6 Å². The van der Waals surface area contributed by atoms with Crippen LogP contribution in [0, 0.1) is 34.6 Å². The van der Waals surface area contributed by atoms with E-state index in [1.54, 1.807) is 17.0 Å². The number of hydrogen-bond donors (Lipinski definition) is 1. The number of sulfonamides is 1. The zero-order chi connectivity index (χ0) is 20.6. The van der Waals surface area contributed by atoms with Crippen molar-refractivity contribution in [2.75, 3.05) is 4.72 Å². The molecule has 1 aromatic heterocycles. The predicted octanol–water partition coefficient (Wildman–Crippen LogP) is 4.31. The van der Waals surface area contributed by atoms with Crippen LogP contribution in [0.1, 0.15) is 27.8 Å². The Morgan fingerprint density at radius 2 is 1.50 bits per heavy atom. The molecular weight excluding hydrogens is 392 g/mol. The SMILES string of the molecule is Cc1c(C)c(C)c(S(=O)(=O)Nc2ccccc2Sc2nncn2C)c(C)c1C. The van der Waals surface area contributed by atoms with Crippen LogP contribution in [0.2, 0.25) is 0 Å². The molecule has 0 amide bonds. The number of nitrogens with one attached hydrogen (secondary N) is 1. The lowest BCUT2D eigenvalue weighted by Gasteiger charge is -2.20. The van der Waals surface area contributed by atoms with Gasteiger partial charge in [0.1, 0.15) is 6.33 Å². The van der Waals surface area contributed by atoms with Crippen LogP contribution in [-0.4, -0.2) is 23.2 Å². The lowest BCUT2D eigenvalue weighted by Crippen LogP contribution is -2.18. The first-order valence-corrected chi connectivity index (χ1v) is 11.1. The second-order valence-corrected chi connectivity index (χ2v) is 9.51. The largest absolute Gasteiger partial charge is 0.311 e. The van der Waals surface area contributed by atoms with E-state index in [1.165, 1.54) is 11.8 Å². The maximum Gasteiger partial charge on any atom is 0.262 e. The molecule has 0 aliphatic heterocycles. The Balaban J connectivity index is 2.05. The first kappa shape index (κ1) is 20.4. The van der Waals surface area contributed by atoms with Gasteiger partial charge in [-0.3, -0.25) is 4.72 Å². The van der Waals surface area contributed by atoms with Crippen molar-refractivity contribution in [3.8, 4) is 0 Å². The maximum absolute atomic E-state index is 13.3. The number of para-hydroxylation sites is 1. The first-order chi connectivity index (χ1) is 13.1. The third kappa shape index (κ3) is 3.66. The number of aromatic nitrogens is 3. The van der Waals surface area contributed by atoms with Gasteiger partial charge in [0, 0.05) is 11.9 Å². The molecule has 8 heteroatoms. The van der Waals surface area contributed by atoms with Crippen molar-refractivity contribution in [3.63, 3.8) is 0 Å². The van der Waals surface area contributed by atoms with Crippen LogP contribution in [0.4, 0.5) is 5.69 Å². The monoisotopic (exact) mass is 416 g/mol. The van der Waals surface area contributed by atoms with Crippen LogP contribution in [0.15, 0.2) is 45.5 Å². The topological polar surface area (TPSA) is 76.9 Å². The molecule has 0 aliphatic carbocycles. The molecule has 0 spiro atoms. The normalized spacial score (nSPS) is 11.6. The molecule has 148 valence electrons. The fourth-order valence-corrected chi connectivity index (χ4v) is 5.77. The van der Waals surface area contributed by atoms with Crippen molar-refractivity contribution in [1.82, 2.24) is 14.8 Å². The molecule has 1 N–H and O–H groups in total. The van der Waals surface area contributed by atoms with Gasteiger partial charge in [0.15, 0.2) is 5.16 Å². The lowest BCUT2D eigenvalue weighted by molar-refractivity contribution is 0.599. The summed E-state index contributed by atoms with van der Waals surface area (Å²) in [7, 11) is -1.91. The van der Waals surface area contributed by atoms with E-state index in [9.17, 15) is 8.42 Å². The molecule has 28 heavy (non-hydrogen) atoms. The number of anilines is 1. The van der Waals surface area contributed by atoms with Gasteiger partial charge in [0.2, 0.25) is 0 Å². The van der Waals surface area contributed by atoms with E-state index in [0.717, 1.165) is 32.7 Å². The Bertz CT molecular complexity index is 1120. The van der Waals surface area contributed by atoms with E-state index < -0.39 is 10.0 Å². The molecule has 3 rings (SSSR count). The van der Waals surface area contributed by atoms with Gasteiger partial charge in [-0.05, 0) is 86.3 Å².